The smallest absolute Gasteiger partial charge is 0.360 e. The first kappa shape index (κ1) is 17.6. The molecule has 1 heterocycles. The van der Waals surface area contributed by atoms with Gasteiger partial charge in [-0.1, -0.05) is 19.0 Å². The maximum Gasteiger partial charge on any atom is 0.416 e. The number of nitro benzene ring substituents is 1. The Bertz CT molecular complexity index is 783. The second-order valence-electron chi connectivity index (χ2n) is 5.23. The molecule has 1 atom stereocenters. The largest absolute Gasteiger partial charge is 0.416 e. The maximum absolute atomic E-state index is 12.7. The minimum absolute atomic E-state index is 0.00667. The molecule has 0 N–H and O–H groups in total. The number of nitro groups is 1. The molecule has 0 spiro atoms. The number of halogens is 3. The van der Waals surface area contributed by atoms with Gasteiger partial charge in [0.05, 0.1) is 22.2 Å². The lowest BCUT2D eigenvalue weighted by molar-refractivity contribution is -0.385. The van der Waals surface area contributed by atoms with Crippen molar-refractivity contribution >= 4 is 11.5 Å². The molecule has 0 radical (unpaired) electrons. The summed E-state index contributed by atoms with van der Waals surface area (Å²) in [5, 5.41) is 14.6. The van der Waals surface area contributed by atoms with Crippen molar-refractivity contribution in [3.63, 3.8) is 0 Å². The summed E-state index contributed by atoms with van der Waals surface area (Å²) in [5.41, 5.74) is -2.54. The molecule has 1 aromatic heterocycles. The lowest BCUT2D eigenvalue weighted by Gasteiger charge is -2.09. The zero-order valence-electron chi connectivity index (χ0n) is 12.8. The predicted molar refractivity (Wildman–Crippen MR) is 76.7 cm³/mol. The number of hydrogen-bond donors (Lipinski definition) is 0. The number of aromatic nitrogens is 1. The molecule has 24 heavy (non-hydrogen) atoms. The minimum Gasteiger partial charge on any atom is -0.360 e. The third-order valence-electron chi connectivity index (χ3n) is 3.67. The van der Waals surface area contributed by atoms with E-state index in [2.05, 4.69) is 5.16 Å². The molecule has 0 aliphatic rings. The average Bonchev–Trinajstić information content (AvgIpc) is 3.01. The van der Waals surface area contributed by atoms with Crippen LogP contribution < -0.4 is 0 Å². The summed E-state index contributed by atoms with van der Waals surface area (Å²) in [5.74, 6) is -0.719. The van der Waals surface area contributed by atoms with Gasteiger partial charge in [-0.25, -0.2) is 0 Å². The van der Waals surface area contributed by atoms with E-state index in [1.54, 1.807) is 6.92 Å². The highest BCUT2D eigenvalue weighted by molar-refractivity contribution is 6.12. The van der Waals surface area contributed by atoms with Crippen molar-refractivity contribution in [2.24, 2.45) is 0 Å². The molecule has 0 bridgehead atoms. The molecule has 6 nitrogen and oxygen atoms in total. The molecule has 1 aromatic carbocycles. The van der Waals surface area contributed by atoms with Gasteiger partial charge in [-0.3, -0.25) is 14.9 Å². The third-order valence-corrected chi connectivity index (χ3v) is 3.67. The van der Waals surface area contributed by atoms with Crippen LogP contribution >= 0.6 is 0 Å². The monoisotopic (exact) mass is 342 g/mol. The summed E-state index contributed by atoms with van der Waals surface area (Å²) >= 11 is 0. The van der Waals surface area contributed by atoms with Gasteiger partial charge in [0, 0.05) is 12.0 Å². The van der Waals surface area contributed by atoms with Crippen molar-refractivity contribution in [1.82, 2.24) is 5.16 Å². The van der Waals surface area contributed by atoms with Gasteiger partial charge in [-0.05, 0) is 18.6 Å². The van der Waals surface area contributed by atoms with Crippen molar-refractivity contribution < 1.29 is 27.4 Å². The second-order valence-corrected chi connectivity index (χ2v) is 5.23. The first-order valence-corrected chi connectivity index (χ1v) is 7.01. The molecular formula is C15H13F3N2O4. The van der Waals surface area contributed by atoms with Crippen LogP contribution in [0.4, 0.5) is 18.9 Å². The summed E-state index contributed by atoms with van der Waals surface area (Å²) in [7, 11) is 0. The van der Waals surface area contributed by atoms with Crippen molar-refractivity contribution in [2.45, 2.75) is 32.4 Å². The summed E-state index contributed by atoms with van der Waals surface area (Å²) in [4.78, 5) is 22.6. The van der Waals surface area contributed by atoms with Crippen LogP contribution in [0.25, 0.3) is 0 Å². The summed E-state index contributed by atoms with van der Waals surface area (Å²) < 4.78 is 43.2. The predicted octanol–water partition coefficient (Wildman–Crippen LogP) is 4.35. The Labute approximate surface area is 134 Å². The van der Waals surface area contributed by atoms with Crippen LogP contribution in [0.2, 0.25) is 0 Å². The van der Waals surface area contributed by atoms with Crippen molar-refractivity contribution in [1.29, 1.82) is 0 Å². The molecule has 0 aliphatic carbocycles. The van der Waals surface area contributed by atoms with Crippen LogP contribution in [0.15, 0.2) is 28.9 Å². The topological polar surface area (TPSA) is 86.2 Å². The number of carbonyl (C=O) groups is 1. The highest BCUT2D eigenvalue weighted by Gasteiger charge is 2.35. The fourth-order valence-electron chi connectivity index (χ4n) is 2.16. The van der Waals surface area contributed by atoms with Gasteiger partial charge in [0.15, 0.2) is 5.76 Å². The quantitative estimate of drug-likeness (QED) is 0.458. The van der Waals surface area contributed by atoms with Crippen LogP contribution in [-0.4, -0.2) is 15.9 Å². The number of nitrogens with zero attached hydrogens (tertiary/aromatic N) is 2. The van der Waals surface area contributed by atoms with E-state index in [4.69, 9.17) is 4.52 Å². The molecule has 0 aliphatic heterocycles. The minimum atomic E-state index is -4.74. The molecule has 9 heteroatoms. The Balaban J connectivity index is 2.54. The van der Waals surface area contributed by atoms with E-state index in [0.717, 1.165) is 12.3 Å². The van der Waals surface area contributed by atoms with Gasteiger partial charge in [-0.15, -0.1) is 0 Å². The number of alkyl halides is 3. The third kappa shape index (κ3) is 3.29. The van der Waals surface area contributed by atoms with Crippen LogP contribution in [0.5, 0.6) is 0 Å². The number of benzene rings is 1. The Hall–Kier alpha value is -2.71. The lowest BCUT2D eigenvalue weighted by Crippen LogP contribution is -2.11. The fourth-order valence-corrected chi connectivity index (χ4v) is 2.16. The van der Waals surface area contributed by atoms with Gasteiger partial charge in [0.2, 0.25) is 5.78 Å². The van der Waals surface area contributed by atoms with Gasteiger partial charge in [-0.2, -0.15) is 13.2 Å². The number of ketones is 1. The van der Waals surface area contributed by atoms with Crippen molar-refractivity contribution in [3.8, 4) is 0 Å². The van der Waals surface area contributed by atoms with E-state index in [9.17, 15) is 28.1 Å². The normalized spacial score (nSPS) is 12.9. The highest BCUT2D eigenvalue weighted by atomic mass is 19.4. The Morgan fingerprint density at radius 2 is 2.04 bits per heavy atom. The molecule has 0 saturated carbocycles. The second kappa shape index (κ2) is 6.42. The van der Waals surface area contributed by atoms with Gasteiger partial charge < -0.3 is 4.52 Å². The summed E-state index contributed by atoms with van der Waals surface area (Å²) in [6.45, 7) is 3.63. The summed E-state index contributed by atoms with van der Waals surface area (Å²) in [6, 6.07) is 1.79. The molecule has 2 aromatic rings. The van der Waals surface area contributed by atoms with Crippen LogP contribution in [-0.2, 0) is 6.18 Å². The molecule has 1 unspecified atom stereocenters. The average molecular weight is 342 g/mol. The van der Waals surface area contributed by atoms with Gasteiger partial charge in [0.25, 0.3) is 5.69 Å². The van der Waals surface area contributed by atoms with Gasteiger partial charge >= 0.3 is 6.18 Å². The van der Waals surface area contributed by atoms with E-state index >= 15 is 0 Å². The maximum atomic E-state index is 12.7. The van der Waals surface area contributed by atoms with Crippen molar-refractivity contribution in [2.75, 3.05) is 0 Å². The SMILES string of the molecule is CCC(C)c1oncc1C(=O)c1ccc(C(F)(F)F)cc1[N+](=O)[O-]. The molecule has 0 fully saturated rings. The number of hydrogen-bond acceptors (Lipinski definition) is 5. The zero-order valence-corrected chi connectivity index (χ0v) is 12.8. The van der Waals surface area contributed by atoms with Crippen LogP contribution in [0.3, 0.4) is 0 Å². The van der Waals surface area contributed by atoms with E-state index in [1.807, 2.05) is 6.92 Å². The van der Waals surface area contributed by atoms with E-state index in [1.165, 1.54) is 0 Å². The molecule has 2 rings (SSSR count). The molecule has 0 amide bonds. The number of rotatable bonds is 5. The first-order valence-electron chi connectivity index (χ1n) is 7.01. The van der Waals surface area contributed by atoms with Gasteiger partial charge in [0.1, 0.15) is 5.56 Å². The lowest BCUT2D eigenvalue weighted by atomic mass is 9.95. The van der Waals surface area contributed by atoms with Crippen molar-refractivity contribution in [3.05, 3.63) is 57.0 Å². The van der Waals surface area contributed by atoms with E-state index in [-0.39, 0.29) is 17.2 Å². The molecule has 0 saturated heterocycles. The molecular weight excluding hydrogens is 329 g/mol. The van der Waals surface area contributed by atoms with Crippen LogP contribution in [0.1, 0.15) is 53.4 Å². The molecule has 128 valence electrons. The van der Waals surface area contributed by atoms with Crippen LogP contribution in [0, 0.1) is 10.1 Å². The highest BCUT2D eigenvalue weighted by Crippen LogP contribution is 2.34. The number of carbonyl (C=O) groups excluding carboxylic acids is 1. The zero-order chi connectivity index (χ0) is 18.1. The fraction of sp³-hybridized carbons (Fsp3) is 0.333. The van der Waals surface area contributed by atoms with E-state index in [0.29, 0.717) is 18.6 Å². The Morgan fingerprint density at radius 3 is 2.58 bits per heavy atom. The first-order chi connectivity index (χ1) is 11.2. The Morgan fingerprint density at radius 1 is 1.38 bits per heavy atom. The Kier molecular flexibility index (Phi) is 4.72. The standard InChI is InChI=1S/C15H13F3N2O4/c1-3-8(2)14-11(7-19-24-14)13(21)10-5-4-9(15(16,17)18)6-12(10)20(22)23/h4-8H,3H2,1-2H3. The summed E-state index contributed by atoms with van der Waals surface area (Å²) in [6.07, 6.45) is -3.00. The van der Waals surface area contributed by atoms with E-state index < -0.39 is 33.7 Å².